The predicted octanol–water partition coefficient (Wildman–Crippen LogP) is 6.61. The van der Waals surface area contributed by atoms with E-state index in [1.54, 1.807) is 35.2 Å². The van der Waals surface area contributed by atoms with Crippen molar-refractivity contribution >= 4 is 89.8 Å². The van der Waals surface area contributed by atoms with Crippen LogP contribution in [-0.2, 0) is 4.79 Å². The average Bonchev–Trinajstić information content (AvgIpc) is 3.46. The van der Waals surface area contributed by atoms with E-state index < -0.39 is 0 Å². The van der Waals surface area contributed by atoms with Gasteiger partial charge in [-0.2, -0.15) is 0 Å². The molecule has 3 aromatic carbocycles. The molecule has 0 bridgehead atoms. The zero-order valence-electron chi connectivity index (χ0n) is 17.9. The normalized spacial score (nSPS) is 11.1. The summed E-state index contributed by atoms with van der Waals surface area (Å²) in [5.74, 6) is 0.0137. The Hall–Kier alpha value is -2.92. The first-order valence-corrected chi connectivity index (χ1v) is 14.1. The third-order valence-corrected chi connectivity index (χ3v) is 8.98. The molecule has 5 aromatic rings. The molecule has 10 heteroatoms. The van der Waals surface area contributed by atoms with Crippen molar-refractivity contribution in [1.82, 2.24) is 9.97 Å². The lowest BCUT2D eigenvalue weighted by Crippen LogP contribution is -2.13. The van der Waals surface area contributed by atoms with E-state index in [0.717, 1.165) is 34.8 Å². The van der Waals surface area contributed by atoms with E-state index in [0.29, 0.717) is 11.3 Å². The molecule has 0 saturated heterocycles. The molecule has 2 amide bonds. The second-order valence-corrected chi connectivity index (χ2v) is 11.5. The average molecular weight is 523 g/mol. The summed E-state index contributed by atoms with van der Waals surface area (Å²) in [6.45, 7) is 0. The Morgan fingerprint density at radius 2 is 1.44 bits per heavy atom. The molecule has 0 fully saturated rings. The lowest BCUT2D eigenvalue weighted by atomic mass is 10.2. The van der Waals surface area contributed by atoms with Gasteiger partial charge >= 0.3 is 0 Å². The molecule has 0 atom stereocenters. The number of hydrogen-bond acceptors (Lipinski definition) is 8. The van der Waals surface area contributed by atoms with Crippen LogP contribution in [0.5, 0.6) is 0 Å². The summed E-state index contributed by atoms with van der Waals surface area (Å²) >= 11 is 6.13. The molecule has 0 aliphatic heterocycles. The number of hydrogen-bond donors (Lipinski definition) is 2. The maximum absolute atomic E-state index is 12.5. The molecule has 0 aliphatic carbocycles. The molecule has 2 aromatic heterocycles. The molecule has 2 N–H and O–H groups in total. The summed E-state index contributed by atoms with van der Waals surface area (Å²) in [4.78, 5) is 34.0. The molecule has 5 rings (SSSR count). The topological polar surface area (TPSA) is 84.0 Å². The van der Waals surface area contributed by atoms with Crippen LogP contribution in [0.15, 0.2) is 75.4 Å². The molecular formula is C24H18N4O2S4. The molecule has 6 nitrogen and oxygen atoms in total. The highest BCUT2D eigenvalue weighted by Crippen LogP contribution is 2.32. The minimum atomic E-state index is -0.156. The largest absolute Gasteiger partial charge is 0.325 e. The highest BCUT2D eigenvalue weighted by atomic mass is 32.2. The number of nitrogens with zero attached hydrogens (tertiary/aromatic N) is 2. The molecule has 2 heterocycles. The number of amides is 2. The van der Waals surface area contributed by atoms with Crippen LogP contribution in [0.1, 0.15) is 10.4 Å². The van der Waals surface area contributed by atoms with Gasteiger partial charge in [-0.1, -0.05) is 41.7 Å². The molecule has 0 saturated carbocycles. The smallest absolute Gasteiger partial charge is 0.255 e. The van der Waals surface area contributed by atoms with Crippen LogP contribution in [-0.4, -0.2) is 33.8 Å². The first-order chi connectivity index (χ1) is 16.6. The van der Waals surface area contributed by atoms with Gasteiger partial charge in [0.2, 0.25) is 5.91 Å². The van der Waals surface area contributed by atoms with Gasteiger partial charge in [0.05, 0.1) is 26.2 Å². The Kier molecular flexibility index (Phi) is 6.82. The van der Waals surface area contributed by atoms with E-state index in [1.165, 1.54) is 23.1 Å². The summed E-state index contributed by atoms with van der Waals surface area (Å²) in [6.07, 6.45) is 2.00. The number of rotatable bonds is 7. The van der Waals surface area contributed by atoms with Crippen LogP contribution in [0.2, 0.25) is 0 Å². The Labute approximate surface area is 212 Å². The third-order valence-electron chi connectivity index (χ3n) is 4.82. The standard InChI is InChI=1S/C24H18N4O2S4/c1-31-23-27-17-9-7-15(11-19(17)33-23)25-21(29)13-32-24-28-18-10-8-16(12-20(18)34-24)26-22(30)14-5-3-2-4-6-14/h2-12H,13H2,1H3,(H,25,29)(H,26,30). The van der Waals surface area contributed by atoms with Crippen LogP contribution in [0.25, 0.3) is 20.4 Å². The predicted molar refractivity (Wildman–Crippen MR) is 145 cm³/mol. The van der Waals surface area contributed by atoms with Gasteiger partial charge in [0.25, 0.3) is 5.91 Å². The van der Waals surface area contributed by atoms with E-state index in [9.17, 15) is 9.59 Å². The van der Waals surface area contributed by atoms with Crippen LogP contribution in [0, 0.1) is 0 Å². The van der Waals surface area contributed by atoms with Crippen molar-refractivity contribution in [3.05, 3.63) is 72.3 Å². The zero-order valence-corrected chi connectivity index (χ0v) is 21.2. The van der Waals surface area contributed by atoms with E-state index in [1.807, 2.05) is 60.9 Å². The molecule has 0 spiro atoms. The number of thioether (sulfide) groups is 2. The Morgan fingerprint density at radius 1 is 0.824 bits per heavy atom. The van der Waals surface area contributed by atoms with Gasteiger partial charge < -0.3 is 10.6 Å². The third kappa shape index (κ3) is 5.25. The number of anilines is 2. The number of carbonyl (C=O) groups is 2. The fraction of sp³-hybridized carbons (Fsp3) is 0.0833. The lowest BCUT2D eigenvalue weighted by molar-refractivity contribution is -0.113. The van der Waals surface area contributed by atoms with Gasteiger partial charge in [0, 0.05) is 16.9 Å². The number of aromatic nitrogens is 2. The maximum Gasteiger partial charge on any atom is 0.255 e. The number of nitrogens with one attached hydrogen (secondary N) is 2. The van der Waals surface area contributed by atoms with E-state index in [2.05, 4.69) is 20.6 Å². The van der Waals surface area contributed by atoms with Crippen molar-refractivity contribution in [3.63, 3.8) is 0 Å². The second-order valence-electron chi connectivity index (χ2n) is 7.19. The Morgan fingerprint density at radius 3 is 2.12 bits per heavy atom. The first kappa shape index (κ1) is 22.9. The number of carbonyl (C=O) groups excluding carboxylic acids is 2. The molecular weight excluding hydrogens is 505 g/mol. The minimum Gasteiger partial charge on any atom is -0.325 e. The van der Waals surface area contributed by atoms with E-state index in [4.69, 9.17) is 0 Å². The van der Waals surface area contributed by atoms with Gasteiger partial charge in [-0.25, -0.2) is 9.97 Å². The summed E-state index contributed by atoms with van der Waals surface area (Å²) in [6, 6.07) is 20.5. The van der Waals surface area contributed by atoms with Gasteiger partial charge in [0.1, 0.15) is 0 Å². The van der Waals surface area contributed by atoms with Gasteiger partial charge in [0.15, 0.2) is 8.68 Å². The highest BCUT2D eigenvalue weighted by Gasteiger charge is 2.11. The van der Waals surface area contributed by atoms with Crippen molar-refractivity contribution in [2.24, 2.45) is 0 Å². The maximum atomic E-state index is 12.5. The second kappa shape index (κ2) is 10.1. The van der Waals surface area contributed by atoms with Crippen molar-refractivity contribution in [2.75, 3.05) is 22.6 Å². The molecule has 170 valence electrons. The molecule has 0 radical (unpaired) electrons. The minimum absolute atomic E-state index is 0.0889. The zero-order chi connectivity index (χ0) is 23.5. The summed E-state index contributed by atoms with van der Waals surface area (Å²) in [5, 5.41) is 5.87. The summed E-state index contributed by atoms with van der Waals surface area (Å²) in [5.41, 5.74) is 3.86. The summed E-state index contributed by atoms with van der Waals surface area (Å²) < 4.78 is 3.82. The number of benzene rings is 3. The Bertz CT molecular complexity index is 1500. The molecule has 34 heavy (non-hydrogen) atoms. The lowest BCUT2D eigenvalue weighted by Gasteiger charge is -2.04. The molecule has 0 aliphatic rings. The fourth-order valence-electron chi connectivity index (χ4n) is 3.23. The molecule has 0 unspecified atom stereocenters. The van der Waals surface area contributed by atoms with Crippen molar-refractivity contribution in [1.29, 1.82) is 0 Å². The van der Waals surface area contributed by atoms with Crippen LogP contribution in [0.4, 0.5) is 11.4 Å². The van der Waals surface area contributed by atoms with Crippen LogP contribution >= 0.6 is 46.2 Å². The highest BCUT2D eigenvalue weighted by molar-refractivity contribution is 8.01. The number of fused-ring (bicyclic) bond motifs is 2. The van der Waals surface area contributed by atoms with Crippen LogP contribution < -0.4 is 10.6 Å². The van der Waals surface area contributed by atoms with Gasteiger partial charge in [-0.15, -0.1) is 22.7 Å². The van der Waals surface area contributed by atoms with Gasteiger partial charge in [-0.05, 0) is 54.8 Å². The van der Waals surface area contributed by atoms with Gasteiger partial charge in [-0.3, -0.25) is 9.59 Å². The SMILES string of the molecule is CSc1nc2ccc(NC(=O)CSc3nc4ccc(NC(=O)c5ccccc5)cc4s3)cc2s1. The number of thiazole rings is 2. The monoisotopic (exact) mass is 522 g/mol. The van der Waals surface area contributed by atoms with E-state index in [-0.39, 0.29) is 17.6 Å². The van der Waals surface area contributed by atoms with Crippen molar-refractivity contribution < 1.29 is 9.59 Å². The quantitative estimate of drug-likeness (QED) is 0.234. The summed E-state index contributed by atoms with van der Waals surface area (Å²) in [7, 11) is 0. The fourth-order valence-corrected chi connectivity index (χ4v) is 6.66. The van der Waals surface area contributed by atoms with Crippen molar-refractivity contribution in [3.8, 4) is 0 Å². The van der Waals surface area contributed by atoms with E-state index >= 15 is 0 Å². The van der Waals surface area contributed by atoms with Crippen LogP contribution in [0.3, 0.4) is 0 Å². The van der Waals surface area contributed by atoms with Crippen molar-refractivity contribution in [2.45, 2.75) is 8.68 Å². The first-order valence-electron chi connectivity index (χ1n) is 10.2. The Balaban J connectivity index is 1.21.